The molecule has 3 aromatic carbocycles. The molecule has 0 fully saturated rings. The van der Waals surface area contributed by atoms with E-state index in [1.54, 1.807) is 18.2 Å². The van der Waals surface area contributed by atoms with Gasteiger partial charge in [0.05, 0.1) is 5.52 Å². The molecule has 2 N–H and O–H groups in total. The Morgan fingerprint density at radius 2 is 1.47 bits per heavy atom. The molecule has 5 nitrogen and oxygen atoms in total. The number of hydrogen-bond donors (Lipinski definition) is 2. The monoisotopic (exact) mass is 463 g/mol. The minimum Gasteiger partial charge on any atom is -0.480 e. The molecule has 0 aliphatic carbocycles. The number of carboxylic acid groups (broad SMARTS) is 1. The van der Waals surface area contributed by atoms with Crippen LogP contribution in [0.1, 0.15) is 27.6 Å². The van der Waals surface area contributed by atoms with E-state index >= 15 is 0 Å². The Morgan fingerprint density at radius 3 is 2.03 bits per heavy atom. The largest absolute Gasteiger partial charge is 0.480 e. The number of carboxylic acids is 1. The Bertz CT molecular complexity index is 1200. The van der Waals surface area contributed by atoms with Crippen molar-refractivity contribution in [1.82, 2.24) is 4.98 Å². The number of alkyl halides is 1. The van der Waals surface area contributed by atoms with Crippen LogP contribution in [-0.2, 0) is 4.79 Å². The second-order valence-corrected chi connectivity index (χ2v) is 7.70. The van der Waals surface area contributed by atoms with Gasteiger partial charge in [0, 0.05) is 11.5 Å². The lowest BCUT2D eigenvalue weighted by molar-refractivity contribution is -0.136. The van der Waals surface area contributed by atoms with Gasteiger partial charge < -0.3 is 14.8 Å². The Balaban J connectivity index is 1.86. The molecule has 30 heavy (non-hydrogen) atoms. The van der Waals surface area contributed by atoms with Crippen molar-refractivity contribution in [2.75, 3.05) is 0 Å². The average molecular weight is 464 g/mol. The molecule has 0 aliphatic heterocycles. The molecule has 0 amide bonds. The number of H-pyrrole nitrogens is 1. The van der Waals surface area contributed by atoms with E-state index in [-0.39, 0.29) is 5.56 Å². The number of hydrogen-bond acceptors (Lipinski definition) is 3. The number of pyridine rings is 1. The van der Waals surface area contributed by atoms with E-state index in [1.807, 2.05) is 60.7 Å². The van der Waals surface area contributed by atoms with Crippen LogP contribution in [0.15, 0.2) is 89.7 Å². The standard InChI is InChI=1S/C24H18BrNO4/c25-21(24(28)29)17-11-13-19(22-18(17)12-14-20(27)26-22)30-23(15-7-3-1-4-8-15)16-9-5-2-6-10-16/h1-14,21,23H,(H,26,27)(H,28,29). The molecule has 1 atom stereocenters. The van der Waals surface area contributed by atoms with Gasteiger partial charge in [0.1, 0.15) is 16.7 Å². The van der Waals surface area contributed by atoms with Gasteiger partial charge in [0.2, 0.25) is 5.56 Å². The lowest BCUT2D eigenvalue weighted by atomic mass is 10.0. The van der Waals surface area contributed by atoms with Crippen molar-refractivity contribution < 1.29 is 14.6 Å². The predicted molar refractivity (Wildman–Crippen MR) is 119 cm³/mol. The molecule has 0 saturated carbocycles. The van der Waals surface area contributed by atoms with E-state index in [0.717, 1.165) is 11.1 Å². The predicted octanol–water partition coefficient (Wildman–Crippen LogP) is 5.22. The van der Waals surface area contributed by atoms with Crippen molar-refractivity contribution in [2.45, 2.75) is 10.9 Å². The molecule has 4 rings (SSSR count). The first-order chi connectivity index (χ1) is 14.5. The SMILES string of the molecule is O=C(O)C(Br)c1ccc(OC(c2ccccc2)c2ccccc2)c2[nH]c(=O)ccc12. The normalized spacial score (nSPS) is 12.1. The van der Waals surface area contributed by atoms with E-state index in [4.69, 9.17) is 4.74 Å². The van der Waals surface area contributed by atoms with E-state index < -0.39 is 16.9 Å². The molecule has 1 unspecified atom stereocenters. The minimum atomic E-state index is -1.01. The maximum atomic E-state index is 12.0. The summed E-state index contributed by atoms with van der Waals surface area (Å²) >= 11 is 3.21. The minimum absolute atomic E-state index is 0.290. The lowest BCUT2D eigenvalue weighted by Gasteiger charge is -2.22. The fourth-order valence-corrected chi connectivity index (χ4v) is 3.81. The maximum Gasteiger partial charge on any atom is 0.321 e. The Labute approximate surface area is 181 Å². The third kappa shape index (κ3) is 4.00. The smallest absolute Gasteiger partial charge is 0.321 e. The summed E-state index contributed by atoms with van der Waals surface area (Å²) in [5.74, 6) is -0.545. The van der Waals surface area contributed by atoms with Crippen LogP contribution in [0.4, 0.5) is 0 Å². The van der Waals surface area contributed by atoms with Crippen LogP contribution in [0.3, 0.4) is 0 Å². The highest BCUT2D eigenvalue weighted by Gasteiger charge is 2.22. The number of aromatic nitrogens is 1. The summed E-state index contributed by atoms with van der Waals surface area (Å²) < 4.78 is 6.42. The number of aliphatic carboxylic acids is 1. The van der Waals surface area contributed by atoms with Crippen LogP contribution in [0, 0.1) is 0 Å². The molecular weight excluding hydrogens is 446 g/mol. The molecule has 1 heterocycles. The van der Waals surface area contributed by atoms with Crippen molar-refractivity contribution in [3.63, 3.8) is 0 Å². The fraction of sp³-hybridized carbons (Fsp3) is 0.0833. The number of aromatic amines is 1. The van der Waals surface area contributed by atoms with Gasteiger partial charge in [-0.1, -0.05) is 82.7 Å². The van der Waals surface area contributed by atoms with Crippen molar-refractivity contribution in [3.05, 3.63) is 112 Å². The number of carbonyl (C=O) groups is 1. The highest BCUT2D eigenvalue weighted by molar-refractivity contribution is 9.09. The zero-order chi connectivity index (χ0) is 21.1. The molecule has 6 heteroatoms. The van der Waals surface area contributed by atoms with Gasteiger partial charge in [0.15, 0.2) is 0 Å². The first kappa shape index (κ1) is 19.9. The highest BCUT2D eigenvalue weighted by Crippen LogP contribution is 2.36. The van der Waals surface area contributed by atoms with Crippen molar-refractivity contribution in [1.29, 1.82) is 0 Å². The third-order valence-electron chi connectivity index (χ3n) is 4.83. The summed E-state index contributed by atoms with van der Waals surface area (Å²) in [6, 6.07) is 26.0. The zero-order valence-electron chi connectivity index (χ0n) is 15.8. The third-order valence-corrected chi connectivity index (χ3v) is 5.71. The first-order valence-electron chi connectivity index (χ1n) is 9.34. The number of rotatable bonds is 6. The van der Waals surface area contributed by atoms with Crippen LogP contribution >= 0.6 is 15.9 Å². The topological polar surface area (TPSA) is 79.4 Å². The number of nitrogens with one attached hydrogen (secondary N) is 1. The zero-order valence-corrected chi connectivity index (χ0v) is 17.4. The summed E-state index contributed by atoms with van der Waals surface area (Å²) in [7, 11) is 0. The maximum absolute atomic E-state index is 12.0. The van der Waals surface area contributed by atoms with Crippen molar-refractivity contribution >= 4 is 32.8 Å². The molecule has 0 bridgehead atoms. The molecule has 0 radical (unpaired) electrons. The second kappa shape index (κ2) is 8.55. The van der Waals surface area contributed by atoms with Crippen molar-refractivity contribution in [2.24, 2.45) is 0 Å². The molecule has 150 valence electrons. The summed E-state index contributed by atoms with van der Waals surface area (Å²) in [4.78, 5) is 25.4. The van der Waals surface area contributed by atoms with Gasteiger partial charge in [-0.25, -0.2) is 0 Å². The van der Waals surface area contributed by atoms with Gasteiger partial charge >= 0.3 is 5.97 Å². The van der Waals surface area contributed by atoms with Gasteiger partial charge in [0.25, 0.3) is 0 Å². The average Bonchev–Trinajstić information content (AvgIpc) is 2.78. The number of benzene rings is 3. The second-order valence-electron chi connectivity index (χ2n) is 6.78. The Kier molecular flexibility index (Phi) is 5.68. The van der Waals surface area contributed by atoms with E-state index in [9.17, 15) is 14.7 Å². The van der Waals surface area contributed by atoms with Crippen LogP contribution in [0.5, 0.6) is 5.75 Å². The van der Waals surface area contributed by atoms with Crippen LogP contribution in [0.25, 0.3) is 10.9 Å². The summed E-state index contributed by atoms with van der Waals surface area (Å²) in [5, 5.41) is 10.0. The molecular formula is C24H18BrNO4. The van der Waals surface area contributed by atoms with E-state index in [0.29, 0.717) is 22.2 Å². The van der Waals surface area contributed by atoms with Gasteiger partial charge in [-0.3, -0.25) is 9.59 Å². The van der Waals surface area contributed by atoms with E-state index in [2.05, 4.69) is 20.9 Å². The summed E-state index contributed by atoms with van der Waals surface area (Å²) in [6.07, 6.45) is -0.399. The first-order valence-corrected chi connectivity index (χ1v) is 10.3. The van der Waals surface area contributed by atoms with Crippen LogP contribution < -0.4 is 10.3 Å². The Morgan fingerprint density at radius 1 is 0.867 bits per heavy atom. The van der Waals surface area contributed by atoms with Gasteiger partial charge in [-0.05, 0) is 28.8 Å². The van der Waals surface area contributed by atoms with E-state index in [1.165, 1.54) is 6.07 Å². The van der Waals surface area contributed by atoms with Crippen LogP contribution in [0.2, 0.25) is 0 Å². The Hall–Kier alpha value is -3.38. The number of ether oxygens (including phenoxy) is 1. The molecule has 4 aromatic rings. The summed E-state index contributed by atoms with van der Waals surface area (Å²) in [5.41, 5.74) is 2.63. The van der Waals surface area contributed by atoms with Crippen LogP contribution in [-0.4, -0.2) is 16.1 Å². The number of halogens is 1. The lowest BCUT2D eigenvalue weighted by Crippen LogP contribution is -2.12. The van der Waals surface area contributed by atoms with Gasteiger partial charge in [-0.15, -0.1) is 0 Å². The molecule has 1 aromatic heterocycles. The quantitative estimate of drug-likeness (QED) is 0.384. The fourth-order valence-electron chi connectivity index (χ4n) is 3.41. The van der Waals surface area contributed by atoms with Gasteiger partial charge in [-0.2, -0.15) is 0 Å². The number of fused-ring (bicyclic) bond motifs is 1. The molecule has 0 spiro atoms. The highest BCUT2D eigenvalue weighted by atomic mass is 79.9. The van der Waals surface area contributed by atoms with Crippen molar-refractivity contribution in [3.8, 4) is 5.75 Å². The summed E-state index contributed by atoms with van der Waals surface area (Å²) in [6.45, 7) is 0. The molecule has 0 saturated heterocycles. The molecule has 0 aliphatic rings.